The Labute approximate surface area is 126 Å². The molecule has 0 aliphatic carbocycles. The second-order valence-corrected chi connectivity index (χ2v) is 5.34. The van der Waals surface area contributed by atoms with Crippen LogP contribution < -0.4 is 5.32 Å². The van der Waals surface area contributed by atoms with E-state index in [1.807, 2.05) is 12.1 Å². The molecule has 3 rings (SSSR count). The molecule has 0 saturated heterocycles. The number of allylic oxidation sites excluding steroid dienone is 1. The van der Waals surface area contributed by atoms with Crippen LogP contribution in [0.5, 0.6) is 0 Å². The molecule has 1 aliphatic heterocycles. The maximum atomic E-state index is 4.74. The molecule has 0 amide bonds. The first-order valence-corrected chi connectivity index (χ1v) is 7.43. The molecule has 0 bridgehead atoms. The van der Waals surface area contributed by atoms with Gasteiger partial charge in [-0.3, -0.25) is 4.99 Å². The van der Waals surface area contributed by atoms with E-state index in [-0.39, 0.29) is 0 Å². The summed E-state index contributed by atoms with van der Waals surface area (Å²) in [6.07, 6.45) is 3.15. The smallest absolute Gasteiger partial charge is 0.0518 e. The number of rotatable bonds is 5. The Kier molecular flexibility index (Phi) is 4.27. The zero-order valence-corrected chi connectivity index (χ0v) is 12.3. The van der Waals surface area contributed by atoms with Crippen LogP contribution in [0.2, 0.25) is 0 Å². The summed E-state index contributed by atoms with van der Waals surface area (Å²) >= 11 is 0. The van der Waals surface area contributed by atoms with Crippen LogP contribution in [-0.2, 0) is 0 Å². The van der Waals surface area contributed by atoms with Crippen molar-refractivity contribution in [1.29, 1.82) is 0 Å². The van der Waals surface area contributed by atoms with E-state index in [0.29, 0.717) is 6.04 Å². The molecular weight excluding hydrogens is 256 g/mol. The summed E-state index contributed by atoms with van der Waals surface area (Å²) < 4.78 is 0. The maximum Gasteiger partial charge on any atom is 0.0518 e. The lowest BCUT2D eigenvalue weighted by molar-refractivity contribution is 0.605. The first kappa shape index (κ1) is 13.8. The highest BCUT2D eigenvalue weighted by atomic mass is 14.9. The van der Waals surface area contributed by atoms with Crippen LogP contribution in [-0.4, -0.2) is 12.3 Å². The SMILES string of the molecule is C[C@@H](NCC1=CCC(c2ccccc2)=N1)c1ccccc1. The molecular formula is C19H20N2. The molecule has 0 spiro atoms. The molecule has 1 aliphatic rings. The standard InChI is InChI=1S/C19H20N2/c1-15(16-8-4-2-5-9-16)20-14-18-12-13-19(21-18)17-10-6-3-7-11-17/h2-12,15,20H,13-14H2,1H3/t15-/m1/s1. The number of aliphatic imine (C=N–C) groups is 1. The van der Waals surface area contributed by atoms with E-state index in [9.17, 15) is 0 Å². The van der Waals surface area contributed by atoms with E-state index in [4.69, 9.17) is 4.99 Å². The van der Waals surface area contributed by atoms with Crippen LogP contribution in [0, 0.1) is 0 Å². The topological polar surface area (TPSA) is 24.4 Å². The molecule has 0 radical (unpaired) electrons. The predicted molar refractivity (Wildman–Crippen MR) is 88.5 cm³/mol. The minimum Gasteiger partial charge on any atom is -0.305 e. The third-order valence-corrected chi connectivity index (χ3v) is 3.81. The van der Waals surface area contributed by atoms with E-state index in [2.05, 4.69) is 66.8 Å². The van der Waals surface area contributed by atoms with Gasteiger partial charge in [0.2, 0.25) is 0 Å². The number of hydrogen-bond donors (Lipinski definition) is 1. The van der Waals surface area contributed by atoms with Gasteiger partial charge in [-0.25, -0.2) is 0 Å². The molecule has 1 heterocycles. The van der Waals surface area contributed by atoms with Crippen molar-refractivity contribution in [1.82, 2.24) is 5.32 Å². The zero-order chi connectivity index (χ0) is 14.5. The lowest BCUT2D eigenvalue weighted by Crippen LogP contribution is -2.20. The van der Waals surface area contributed by atoms with Crippen molar-refractivity contribution in [2.45, 2.75) is 19.4 Å². The van der Waals surface area contributed by atoms with Gasteiger partial charge in [0.05, 0.1) is 11.4 Å². The number of nitrogens with one attached hydrogen (secondary N) is 1. The van der Waals surface area contributed by atoms with Crippen molar-refractivity contribution in [2.75, 3.05) is 6.54 Å². The summed E-state index contributed by atoms with van der Waals surface area (Å²) in [4.78, 5) is 4.74. The van der Waals surface area contributed by atoms with E-state index in [1.54, 1.807) is 0 Å². The van der Waals surface area contributed by atoms with E-state index in [1.165, 1.54) is 16.8 Å². The van der Waals surface area contributed by atoms with Gasteiger partial charge in [-0.2, -0.15) is 0 Å². The van der Waals surface area contributed by atoms with Gasteiger partial charge in [0.1, 0.15) is 0 Å². The highest BCUT2D eigenvalue weighted by Gasteiger charge is 2.11. The van der Waals surface area contributed by atoms with Crippen molar-refractivity contribution in [3.8, 4) is 0 Å². The zero-order valence-electron chi connectivity index (χ0n) is 12.3. The Morgan fingerprint density at radius 1 is 1.00 bits per heavy atom. The van der Waals surface area contributed by atoms with Gasteiger partial charge in [0.25, 0.3) is 0 Å². The molecule has 2 heteroatoms. The van der Waals surface area contributed by atoms with Gasteiger partial charge < -0.3 is 5.32 Å². The Hall–Kier alpha value is -2.19. The second kappa shape index (κ2) is 6.51. The van der Waals surface area contributed by atoms with Crippen LogP contribution in [0.1, 0.15) is 30.5 Å². The molecule has 21 heavy (non-hydrogen) atoms. The lowest BCUT2D eigenvalue weighted by Gasteiger charge is -2.13. The minimum absolute atomic E-state index is 0.336. The molecule has 2 aromatic rings. The van der Waals surface area contributed by atoms with Crippen LogP contribution in [0.3, 0.4) is 0 Å². The molecule has 1 atom stereocenters. The molecule has 0 fully saturated rings. The summed E-state index contributed by atoms with van der Waals surface area (Å²) in [7, 11) is 0. The van der Waals surface area contributed by atoms with E-state index < -0.39 is 0 Å². The Morgan fingerprint density at radius 3 is 2.38 bits per heavy atom. The maximum absolute atomic E-state index is 4.74. The van der Waals surface area contributed by atoms with Crippen molar-refractivity contribution in [3.63, 3.8) is 0 Å². The van der Waals surface area contributed by atoms with Gasteiger partial charge in [0.15, 0.2) is 0 Å². The fourth-order valence-electron chi connectivity index (χ4n) is 2.52. The van der Waals surface area contributed by atoms with Crippen LogP contribution >= 0.6 is 0 Å². The molecule has 1 N–H and O–H groups in total. The largest absolute Gasteiger partial charge is 0.305 e. The van der Waals surface area contributed by atoms with Gasteiger partial charge in [0, 0.05) is 19.0 Å². The minimum atomic E-state index is 0.336. The van der Waals surface area contributed by atoms with Crippen LogP contribution in [0.4, 0.5) is 0 Å². The fourth-order valence-corrected chi connectivity index (χ4v) is 2.52. The first-order chi connectivity index (χ1) is 10.3. The second-order valence-electron chi connectivity index (χ2n) is 5.34. The first-order valence-electron chi connectivity index (χ1n) is 7.43. The van der Waals surface area contributed by atoms with Crippen molar-refractivity contribution in [3.05, 3.63) is 83.6 Å². The summed E-state index contributed by atoms with van der Waals surface area (Å²) in [6.45, 7) is 3.00. The predicted octanol–water partition coefficient (Wildman–Crippen LogP) is 4.11. The van der Waals surface area contributed by atoms with Gasteiger partial charge >= 0.3 is 0 Å². The molecule has 106 valence electrons. The van der Waals surface area contributed by atoms with Crippen molar-refractivity contribution >= 4 is 5.71 Å². The third kappa shape index (κ3) is 3.47. The average molecular weight is 276 g/mol. The molecule has 0 saturated carbocycles. The fraction of sp³-hybridized carbons (Fsp3) is 0.211. The summed E-state index contributed by atoms with van der Waals surface area (Å²) in [5.41, 5.74) is 4.83. The highest BCUT2D eigenvalue weighted by Crippen LogP contribution is 2.17. The van der Waals surface area contributed by atoms with Crippen LogP contribution in [0.25, 0.3) is 0 Å². The van der Waals surface area contributed by atoms with E-state index >= 15 is 0 Å². The highest BCUT2D eigenvalue weighted by molar-refractivity contribution is 6.03. The van der Waals surface area contributed by atoms with Gasteiger partial charge in [-0.1, -0.05) is 66.7 Å². The van der Waals surface area contributed by atoms with Crippen molar-refractivity contribution < 1.29 is 0 Å². The van der Waals surface area contributed by atoms with Crippen molar-refractivity contribution in [2.24, 2.45) is 4.99 Å². The average Bonchev–Trinajstić information content (AvgIpc) is 3.03. The molecule has 0 aromatic heterocycles. The Balaban J connectivity index is 1.59. The number of nitrogens with zero attached hydrogens (tertiary/aromatic N) is 1. The summed E-state index contributed by atoms with van der Waals surface area (Å²) in [5.74, 6) is 0. The van der Waals surface area contributed by atoms with Gasteiger partial charge in [-0.15, -0.1) is 0 Å². The quantitative estimate of drug-likeness (QED) is 0.873. The molecule has 2 nitrogen and oxygen atoms in total. The van der Waals surface area contributed by atoms with Gasteiger partial charge in [-0.05, 0) is 18.1 Å². The third-order valence-electron chi connectivity index (χ3n) is 3.81. The molecule has 0 unspecified atom stereocenters. The Bertz CT molecular complexity index is 642. The number of benzene rings is 2. The van der Waals surface area contributed by atoms with E-state index in [0.717, 1.165) is 18.7 Å². The normalized spacial score (nSPS) is 15.5. The summed E-state index contributed by atoms with van der Waals surface area (Å²) in [5, 5.41) is 3.54. The Morgan fingerprint density at radius 2 is 1.67 bits per heavy atom. The van der Waals surface area contributed by atoms with Crippen LogP contribution in [0.15, 0.2) is 77.4 Å². The lowest BCUT2D eigenvalue weighted by atomic mass is 10.1. The summed E-state index contributed by atoms with van der Waals surface area (Å²) in [6, 6.07) is 21.2. The molecule has 2 aromatic carbocycles. The number of hydrogen-bond acceptors (Lipinski definition) is 2. The monoisotopic (exact) mass is 276 g/mol.